The fourth-order valence-electron chi connectivity index (χ4n) is 4.40. The van der Waals surface area contributed by atoms with Gasteiger partial charge in [0.2, 0.25) is 5.91 Å². The molecule has 0 saturated carbocycles. The third-order valence-corrected chi connectivity index (χ3v) is 6.24. The number of aryl methyl sites for hydroxylation is 1. The zero-order valence-electron chi connectivity index (χ0n) is 20.2. The first-order chi connectivity index (χ1) is 16.4. The zero-order chi connectivity index (χ0) is 24.2. The van der Waals surface area contributed by atoms with E-state index in [1.165, 1.54) is 4.90 Å². The number of carbonyl (C=O) groups is 2. The Morgan fingerprint density at radius 3 is 2.65 bits per heavy atom. The Kier molecular flexibility index (Phi) is 7.26. The number of ether oxygens (including phenoxy) is 4. The Hall–Kier alpha value is -3.26. The van der Waals surface area contributed by atoms with Crippen LogP contribution in [0.15, 0.2) is 36.4 Å². The van der Waals surface area contributed by atoms with Crippen molar-refractivity contribution in [3.05, 3.63) is 47.5 Å². The summed E-state index contributed by atoms with van der Waals surface area (Å²) in [5.74, 6) is 1.46. The van der Waals surface area contributed by atoms with E-state index in [4.69, 9.17) is 18.9 Å². The minimum absolute atomic E-state index is 0.0158. The molecule has 0 N–H and O–H groups in total. The molecule has 2 aliphatic rings. The van der Waals surface area contributed by atoms with Gasteiger partial charge in [-0.05, 0) is 62.1 Å². The third kappa shape index (κ3) is 5.12. The average Bonchev–Trinajstić information content (AvgIpc) is 3.35. The van der Waals surface area contributed by atoms with Crippen molar-refractivity contribution in [1.29, 1.82) is 0 Å². The van der Waals surface area contributed by atoms with E-state index >= 15 is 0 Å². The third-order valence-electron chi connectivity index (χ3n) is 6.24. The lowest BCUT2D eigenvalue weighted by atomic mass is 10.1. The van der Waals surface area contributed by atoms with Crippen LogP contribution in [0.5, 0.6) is 17.2 Å². The summed E-state index contributed by atoms with van der Waals surface area (Å²) < 4.78 is 22.3. The van der Waals surface area contributed by atoms with E-state index in [0.29, 0.717) is 42.6 Å². The number of fused-ring (bicyclic) bond motifs is 1. The van der Waals surface area contributed by atoms with Gasteiger partial charge in [-0.2, -0.15) is 0 Å². The van der Waals surface area contributed by atoms with Gasteiger partial charge in [0.1, 0.15) is 12.3 Å². The maximum atomic E-state index is 13.6. The van der Waals surface area contributed by atoms with E-state index < -0.39 is 6.10 Å². The lowest BCUT2D eigenvalue weighted by molar-refractivity contribution is -0.134. The predicted molar refractivity (Wildman–Crippen MR) is 128 cm³/mol. The van der Waals surface area contributed by atoms with Gasteiger partial charge in [0.25, 0.3) is 5.91 Å². The topological polar surface area (TPSA) is 77.5 Å². The highest BCUT2D eigenvalue weighted by atomic mass is 16.5. The molecule has 0 aromatic heterocycles. The van der Waals surface area contributed by atoms with Gasteiger partial charge in [-0.1, -0.05) is 12.1 Å². The van der Waals surface area contributed by atoms with Crippen LogP contribution < -0.4 is 19.1 Å². The minimum atomic E-state index is -0.652. The molecule has 2 amide bonds. The number of nitrogens with zero attached hydrogens (tertiary/aromatic N) is 2. The molecule has 34 heavy (non-hydrogen) atoms. The molecule has 2 heterocycles. The number of hydrogen-bond donors (Lipinski definition) is 0. The van der Waals surface area contributed by atoms with Crippen LogP contribution in [0.3, 0.4) is 0 Å². The van der Waals surface area contributed by atoms with Crippen LogP contribution >= 0.6 is 0 Å². The number of hydrogen-bond acceptors (Lipinski definition) is 6. The first-order valence-electron chi connectivity index (χ1n) is 11.6. The van der Waals surface area contributed by atoms with E-state index in [1.807, 2.05) is 43.3 Å². The first kappa shape index (κ1) is 23.9. The molecule has 0 unspecified atom stereocenters. The van der Waals surface area contributed by atoms with E-state index in [1.54, 1.807) is 26.0 Å². The van der Waals surface area contributed by atoms with Gasteiger partial charge in [-0.15, -0.1) is 0 Å². The highest BCUT2D eigenvalue weighted by Crippen LogP contribution is 2.35. The molecular weight excluding hydrogens is 436 g/mol. The molecule has 8 nitrogen and oxygen atoms in total. The minimum Gasteiger partial charge on any atom is -0.493 e. The molecule has 2 aliphatic heterocycles. The Labute approximate surface area is 200 Å². The van der Waals surface area contributed by atoms with Crippen molar-refractivity contribution >= 4 is 17.5 Å². The molecule has 182 valence electrons. The number of anilines is 1. The van der Waals surface area contributed by atoms with E-state index in [9.17, 15) is 9.59 Å². The van der Waals surface area contributed by atoms with Crippen LogP contribution in [0.25, 0.3) is 0 Å². The van der Waals surface area contributed by atoms with Crippen molar-refractivity contribution in [3.63, 3.8) is 0 Å². The van der Waals surface area contributed by atoms with Gasteiger partial charge in [0, 0.05) is 19.7 Å². The standard InChI is InChI=1S/C26H32N2O6/c1-17-7-9-22-21(12-17)28(26(30)18(2)34-22)16-25(29)27(15-20-6-5-11-33-20)14-19-8-10-23(31-3)24(13-19)32-4/h7-10,12-13,18,20H,5-6,11,14-16H2,1-4H3/t18-,20+/m1/s1. The molecule has 2 atom stereocenters. The average molecular weight is 469 g/mol. The second-order valence-corrected chi connectivity index (χ2v) is 8.75. The second-order valence-electron chi connectivity index (χ2n) is 8.75. The van der Waals surface area contributed by atoms with Gasteiger partial charge >= 0.3 is 0 Å². The molecule has 0 bridgehead atoms. The number of amides is 2. The fourth-order valence-corrected chi connectivity index (χ4v) is 4.40. The zero-order valence-corrected chi connectivity index (χ0v) is 20.2. The van der Waals surface area contributed by atoms with E-state index in [2.05, 4.69) is 0 Å². The molecule has 8 heteroatoms. The van der Waals surface area contributed by atoms with Gasteiger partial charge in [0.05, 0.1) is 26.0 Å². The van der Waals surface area contributed by atoms with Crippen molar-refractivity contribution in [1.82, 2.24) is 4.90 Å². The predicted octanol–water partition coefficient (Wildman–Crippen LogP) is 3.33. The molecule has 1 saturated heterocycles. The normalized spacial score (nSPS) is 19.4. The molecular formula is C26H32N2O6. The van der Waals surface area contributed by atoms with Crippen LogP contribution in [0.4, 0.5) is 5.69 Å². The fraction of sp³-hybridized carbons (Fsp3) is 0.462. The van der Waals surface area contributed by atoms with Crippen LogP contribution in [-0.4, -0.2) is 62.8 Å². The largest absolute Gasteiger partial charge is 0.493 e. The second kappa shape index (κ2) is 10.3. The maximum Gasteiger partial charge on any atom is 0.268 e. The number of rotatable bonds is 8. The molecule has 4 rings (SSSR count). The quantitative estimate of drug-likeness (QED) is 0.592. The number of carbonyl (C=O) groups excluding carboxylic acids is 2. The van der Waals surface area contributed by atoms with Crippen LogP contribution in [0.2, 0.25) is 0 Å². The Morgan fingerprint density at radius 1 is 1.15 bits per heavy atom. The summed E-state index contributed by atoms with van der Waals surface area (Å²) in [7, 11) is 3.17. The van der Waals surface area contributed by atoms with Gasteiger partial charge in [-0.25, -0.2) is 0 Å². The molecule has 0 aliphatic carbocycles. The summed E-state index contributed by atoms with van der Waals surface area (Å²) in [6, 6.07) is 11.3. The van der Waals surface area contributed by atoms with Gasteiger partial charge < -0.3 is 23.8 Å². The van der Waals surface area contributed by atoms with Crippen LogP contribution in [0.1, 0.15) is 30.9 Å². The summed E-state index contributed by atoms with van der Waals surface area (Å²) in [5.41, 5.74) is 2.52. The first-order valence-corrected chi connectivity index (χ1v) is 11.6. The molecule has 2 aromatic rings. The molecule has 0 spiro atoms. The van der Waals surface area contributed by atoms with E-state index in [-0.39, 0.29) is 24.5 Å². The molecule has 2 aromatic carbocycles. The van der Waals surface area contributed by atoms with Crippen LogP contribution in [-0.2, 0) is 20.9 Å². The molecule has 0 radical (unpaired) electrons. The summed E-state index contributed by atoms with van der Waals surface area (Å²) in [5, 5.41) is 0. The van der Waals surface area contributed by atoms with Crippen molar-refractivity contribution in [2.75, 3.05) is 38.8 Å². The highest BCUT2D eigenvalue weighted by molar-refractivity contribution is 6.03. The van der Waals surface area contributed by atoms with Crippen LogP contribution in [0, 0.1) is 6.92 Å². The van der Waals surface area contributed by atoms with Crippen molar-refractivity contribution in [2.24, 2.45) is 0 Å². The summed E-state index contributed by atoms with van der Waals surface area (Å²) in [6.07, 6.45) is 1.22. The Bertz CT molecular complexity index is 1050. The summed E-state index contributed by atoms with van der Waals surface area (Å²) >= 11 is 0. The smallest absolute Gasteiger partial charge is 0.268 e. The Balaban J connectivity index is 1.58. The monoisotopic (exact) mass is 468 g/mol. The van der Waals surface area contributed by atoms with E-state index in [0.717, 1.165) is 24.0 Å². The number of benzene rings is 2. The number of methoxy groups -OCH3 is 2. The van der Waals surface area contributed by atoms with Crippen molar-refractivity contribution < 1.29 is 28.5 Å². The van der Waals surface area contributed by atoms with Crippen molar-refractivity contribution in [3.8, 4) is 17.2 Å². The highest BCUT2D eigenvalue weighted by Gasteiger charge is 2.34. The summed E-state index contributed by atoms with van der Waals surface area (Å²) in [6.45, 7) is 5.12. The van der Waals surface area contributed by atoms with Gasteiger partial charge in [-0.3, -0.25) is 14.5 Å². The Morgan fingerprint density at radius 2 is 1.94 bits per heavy atom. The SMILES string of the molecule is COc1ccc(CN(C[C@@H]2CCCO2)C(=O)CN2C(=O)[C@@H](C)Oc3ccc(C)cc32)cc1OC. The van der Waals surface area contributed by atoms with Gasteiger partial charge in [0.15, 0.2) is 17.6 Å². The van der Waals surface area contributed by atoms with Crippen molar-refractivity contribution in [2.45, 2.75) is 45.4 Å². The molecule has 1 fully saturated rings. The summed E-state index contributed by atoms with van der Waals surface area (Å²) in [4.78, 5) is 29.9. The maximum absolute atomic E-state index is 13.6. The lowest BCUT2D eigenvalue weighted by Crippen LogP contribution is -2.50. The lowest BCUT2D eigenvalue weighted by Gasteiger charge is -2.34.